The fourth-order valence-electron chi connectivity index (χ4n) is 5.78. The quantitative estimate of drug-likeness (QED) is 0.290. The van der Waals surface area contributed by atoms with E-state index in [9.17, 15) is 16.8 Å². The fourth-order valence-corrected chi connectivity index (χ4v) is 8.23. The van der Waals surface area contributed by atoms with Gasteiger partial charge >= 0.3 is 0 Å². The Morgan fingerprint density at radius 1 is 1.09 bits per heavy atom. The maximum atomic E-state index is 12.8. The predicted molar refractivity (Wildman–Crippen MR) is 174 cm³/mol. The van der Waals surface area contributed by atoms with Crippen molar-refractivity contribution in [2.75, 3.05) is 61.3 Å². The van der Waals surface area contributed by atoms with Crippen LogP contribution in [-0.4, -0.2) is 98.4 Å². The number of ether oxygens (including phenoxy) is 1. The number of anilines is 3. The maximum absolute atomic E-state index is 12.8. The average molecular weight is 644 g/mol. The predicted octanol–water partition coefficient (Wildman–Crippen LogP) is 3.63. The molecule has 2 aliphatic heterocycles. The fraction of sp³-hybridized carbons (Fsp3) is 0.500. The van der Waals surface area contributed by atoms with Crippen LogP contribution in [-0.2, 0) is 24.6 Å². The molecule has 0 bridgehead atoms. The minimum absolute atomic E-state index is 0.0997. The van der Waals surface area contributed by atoms with Crippen LogP contribution in [0.15, 0.2) is 42.9 Å². The third kappa shape index (κ3) is 6.82. The van der Waals surface area contributed by atoms with E-state index in [1.807, 2.05) is 19.2 Å². The molecule has 2 aliphatic rings. The number of likely N-dealkylation sites (N-methyl/N-ethyl adjacent to an activating group) is 1. The van der Waals surface area contributed by atoms with E-state index in [1.165, 1.54) is 16.2 Å². The number of pyridine rings is 1. The second-order valence-corrected chi connectivity index (χ2v) is 16.0. The molecule has 2 atom stereocenters. The average Bonchev–Trinajstić information content (AvgIpc) is 3.36. The van der Waals surface area contributed by atoms with Crippen molar-refractivity contribution < 1.29 is 21.6 Å². The Bertz CT molecular complexity index is 1780. The Kier molecular flexibility index (Phi) is 9.17. The first-order chi connectivity index (χ1) is 20.8. The van der Waals surface area contributed by atoms with Gasteiger partial charge in [-0.15, -0.1) is 0 Å². The summed E-state index contributed by atoms with van der Waals surface area (Å²) in [5, 5.41) is 6.99. The van der Waals surface area contributed by atoms with E-state index in [0.717, 1.165) is 16.5 Å². The van der Waals surface area contributed by atoms with Crippen molar-refractivity contribution in [3.05, 3.63) is 54.2 Å². The van der Waals surface area contributed by atoms with Crippen molar-refractivity contribution >= 4 is 53.5 Å². The number of rotatable bonds is 12. The number of sulfonamides is 1. The van der Waals surface area contributed by atoms with Gasteiger partial charge in [0.2, 0.25) is 0 Å². The van der Waals surface area contributed by atoms with Crippen molar-refractivity contribution in [3.8, 4) is 0 Å². The van der Waals surface area contributed by atoms with Crippen LogP contribution in [0.5, 0.6) is 0 Å². The summed E-state index contributed by atoms with van der Waals surface area (Å²) in [6.07, 6.45) is 6.34. The summed E-state index contributed by atoms with van der Waals surface area (Å²) in [6.45, 7) is 9.81. The van der Waals surface area contributed by atoms with Crippen molar-refractivity contribution in [1.29, 1.82) is 0 Å². The molecule has 2 aromatic heterocycles. The minimum atomic E-state index is -3.59. The summed E-state index contributed by atoms with van der Waals surface area (Å²) in [6, 6.07) is 8.12. The molecule has 3 aromatic rings. The Morgan fingerprint density at radius 2 is 1.86 bits per heavy atom. The van der Waals surface area contributed by atoms with Gasteiger partial charge in [-0.1, -0.05) is 19.9 Å². The molecule has 1 N–H and O–H groups in total. The Balaban J connectivity index is 1.39. The molecule has 4 heterocycles. The lowest BCUT2D eigenvalue weighted by Gasteiger charge is -2.48. The van der Waals surface area contributed by atoms with E-state index < -0.39 is 19.9 Å². The van der Waals surface area contributed by atoms with Crippen LogP contribution in [0.4, 0.5) is 17.3 Å². The number of nitrogens with zero attached hydrogens (tertiary/aromatic N) is 6. The highest BCUT2D eigenvalue weighted by molar-refractivity contribution is 7.90. The zero-order chi connectivity index (χ0) is 31.8. The van der Waals surface area contributed by atoms with Crippen LogP contribution < -0.4 is 10.2 Å². The summed E-state index contributed by atoms with van der Waals surface area (Å²) in [5.74, 6) is 2.01. The Labute approximate surface area is 260 Å². The smallest absolute Gasteiger partial charge is 0.250 e. The summed E-state index contributed by atoms with van der Waals surface area (Å²) in [5.41, 5.74) is 2.90. The monoisotopic (exact) mass is 643 g/mol. The molecule has 14 heteroatoms. The van der Waals surface area contributed by atoms with Gasteiger partial charge < -0.3 is 15.0 Å². The molecule has 1 fully saturated rings. The highest BCUT2D eigenvalue weighted by Crippen LogP contribution is 2.39. The molecule has 1 aromatic carbocycles. The molecule has 1 saturated heterocycles. The largest absolute Gasteiger partial charge is 0.381 e. The van der Waals surface area contributed by atoms with E-state index in [0.29, 0.717) is 42.7 Å². The van der Waals surface area contributed by atoms with E-state index in [4.69, 9.17) is 9.72 Å². The molecule has 0 radical (unpaired) electrons. The zero-order valence-corrected chi connectivity index (χ0v) is 27.7. The molecule has 5 rings (SSSR count). The van der Waals surface area contributed by atoms with E-state index >= 15 is 0 Å². The van der Waals surface area contributed by atoms with Crippen molar-refractivity contribution in [1.82, 2.24) is 24.4 Å². The van der Waals surface area contributed by atoms with Gasteiger partial charge in [0.05, 0.1) is 18.1 Å². The topological polar surface area (TPSA) is 138 Å². The highest BCUT2D eigenvalue weighted by Gasteiger charge is 2.38. The third-order valence-corrected chi connectivity index (χ3v) is 10.8. The standard InChI is InChI=1S/C30H41N7O5S2/c1-7-42-12-13-44(40,41)37-18-22(16-35(37)5)30-31-11-10-28(34-30)33-29-14-25-24(20(2)3)8-9-27(26(25)15-32-29)36-17-23(21(36)4)19-43(6,38)39/h8-11,14-15,18,20-21,23H,7,12-13,16-17,19H2,1-6H3,(H,31,32,33,34)/t21-,23-/m1/s1. The number of hydrogen-bond acceptors (Lipinski definition) is 11. The van der Waals surface area contributed by atoms with Crippen LogP contribution in [0.2, 0.25) is 0 Å². The van der Waals surface area contributed by atoms with Gasteiger partial charge in [0.25, 0.3) is 10.0 Å². The Morgan fingerprint density at radius 3 is 2.55 bits per heavy atom. The molecule has 0 saturated carbocycles. The molecular weight excluding hydrogens is 603 g/mol. The number of hydrogen-bond donors (Lipinski definition) is 1. The van der Waals surface area contributed by atoms with Crippen LogP contribution in [0.3, 0.4) is 0 Å². The van der Waals surface area contributed by atoms with Crippen LogP contribution in [0.1, 0.15) is 45.0 Å². The zero-order valence-electron chi connectivity index (χ0n) is 26.1. The van der Waals surface area contributed by atoms with E-state index in [-0.39, 0.29) is 36.0 Å². The lowest BCUT2D eigenvalue weighted by Crippen LogP contribution is -2.57. The molecule has 0 spiro atoms. The van der Waals surface area contributed by atoms with Gasteiger partial charge in [-0.25, -0.2) is 41.2 Å². The number of nitrogens with one attached hydrogen (secondary N) is 1. The van der Waals surface area contributed by atoms with Gasteiger partial charge in [-0.05, 0) is 48.9 Å². The number of sulfone groups is 1. The SMILES string of the molecule is CCOCCS(=O)(=O)N1C=C(c2nccc(Nc3cc4c(C(C)C)ccc(N5C[C@H](CS(C)(=O)=O)[C@H]5C)c4cn3)n2)CN1C. The number of benzene rings is 1. The van der Waals surface area contributed by atoms with Gasteiger partial charge in [0.15, 0.2) is 5.82 Å². The van der Waals surface area contributed by atoms with Gasteiger partial charge in [-0.3, -0.25) is 0 Å². The molecule has 0 unspecified atom stereocenters. The van der Waals surface area contributed by atoms with Crippen molar-refractivity contribution in [2.24, 2.45) is 5.92 Å². The van der Waals surface area contributed by atoms with Crippen molar-refractivity contribution in [2.45, 2.75) is 39.7 Å². The first-order valence-electron chi connectivity index (χ1n) is 14.8. The maximum Gasteiger partial charge on any atom is 0.250 e. The van der Waals surface area contributed by atoms with Crippen LogP contribution in [0, 0.1) is 5.92 Å². The van der Waals surface area contributed by atoms with Gasteiger partial charge in [0, 0.05) is 80.2 Å². The number of hydrazine groups is 1. The Hall–Kier alpha value is -3.33. The summed E-state index contributed by atoms with van der Waals surface area (Å²) in [4.78, 5) is 16.0. The first-order valence-corrected chi connectivity index (χ1v) is 18.4. The lowest BCUT2D eigenvalue weighted by molar-refractivity contribution is 0.155. The lowest BCUT2D eigenvalue weighted by atomic mass is 9.88. The molecular formula is C30H41N7O5S2. The summed E-state index contributed by atoms with van der Waals surface area (Å²) < 4.78 is 55.9. The first kappa shape index (κ1) is 32.1. The minimum Gasteiger partial charge on any atom is -0.381 e. The molecule has 0 amide bonds. The van der Waals surface area contributed by atoms with Crippen LogP contribution >= 0.6 is 0 Å². The van der Waals surface area contributed by atoms with Gasteiger partial charge in [-0.2, -0.15) is 0 Å². The molecule has 12 nitrogen and oxygen atoms in total. The second-order valence-electron chi connectivity index (χ2n) is 11.8. The van der Waals surface area contributed by atoms with E-state index in [2.05, 4.69) is 53.1 Å². The van der Waals surface area contributed by atoms with Crippen molar-refractivity contribution in [3.63, 3.8) is 0 Å². The molecule has 44 heavy (non-hydrogen) atoms. The normalized spacial score (nSPS) is 19.5. The third-order valence-electron chi connectivity index (χ3n) is 8.14. The van der Waals surface area contributed by atoms with Gasteiger partial charge in [0.1, 0.15) is 21.5 Å². The second kappa shape index (κ2) is 12.6. The van der Waals surface area contributed by atoms with E-state index in [1.54, 1.807) is 30.5 Å². The summed E-state index contributed by atoms with van der Waals surface area (Å²) in [7, 11) is -4.93. The molecule has 238 valence electrons. The highest BCUT2D eigenvalue weighted by atomic mass is 32.2. The van der Waals surface area contributed by atoms with Crippen LogP contribution in [0.25, 0.3) is 16.3 Å². The molecule has 0 aliphatic carbocycles. The number of aromatic nitrogens is 3. The number of fused-ring (bicyclic) bond motifs is 1. The summed E-state index contributed by atoms with van der Waals surface area (Å²) >= 11 is 0.